The first-order valence-electron chi connectivity index (χ1n) is 3.90. The first kappa shape index (κ1) is 11.0. The molecule has 0 radical (unpaired) electrons. The summed E-state index contributed by atoms with van der Waals surface area (Å²) < 4.78 is 37.1. The monoisotopic (exact) mass is 209 g/mol. The number of rotatable bonds is 3. The van der Waals surface area contributed by atoms with Crippen LogP contribution in [0.15, 0.2) is 12.4 Å². The van der Waals surface area contributed by atoms with E-state index in [0.29, 0.717) is 5.82 Å². The van der Waals surface area contributed by atoms with Crippen LogP contribution in [0.5, 0.6) is 0 Å². The summed E-state index contributed by atoms with van der Waals surface area (Å²) in [6, 6.07) is 0. The van der Waals surface area contributed by atoms with Crippen molar-refractivity contribution in [1.29, 1.82) is 0 Å². The molecule has 14 heavy (non-hydrogen) atoms. The summed E-state index contributed by atoms with van der Waals surface area (Å²) in [5.74, 6) is 0.313. The highest BCUT2D eigenvalue weighted by molar-refractivity contribution is 4.92. The molecule has 0 saturated carbocycles. The normalized spacial score (nSPS) is 14.4. The van der Waals surface area contributed by atoms with E-state index >= 15 is 0 Å². The third-order valence-corrected chi connectivity index (χ3v) is 1.73. The Morgan fingerprint density at radius 1 is 1.57 bits per heavy atom. The molecule has 4 nitrogen and oxygen atoms in total. The van der Waals surface area contributed by atoms with Crippen molar-refractivity contribution in [2.45, 2.75) is 25.4 Å². The fourth-order valence-electron chi connectivity index (χ4n) is 0.986. The van der Waals surface area contributed by atoms with Gasteiger partial charge < -0.3 is 15.4 Å². The number of hydrogen-bond donors (Lipinski definition) is 2. The number of aliphatic hydroxyl groups is 1. The van der Waals surface area contributed by atoms with E-state index < -0.39 is 18.8 Å². The first-order chi connectivity index (χ1) is 6.45. The second-order valence-electron chi connectivity index (χ2n) is 2.76. The van der Waals surface area contributed by atoms with Crippen LogP contribution >= 0.6 is 0 Å². The Labute approximate surface area is 78.2 Å². The van der Waals surface area contributed by atoms with Crippen molar-refractivity contribution in [3.63, 3.8) is 0 Å². The van der Waals surface area contributed by atoms with Gasteiger partial charge in [-0.05, 0) is 0 Å². The van der Waals surface area contributed by atoms with E-state index in [2.05, 4.69) is 4.98 Å². The largest absolute Gasteiger partial charge is 0.416 e. The smallest absolute Gasteiger partial charge is 0.382 e. The minimum Gasteiger partial charge on any atom is -0.382 e. The van der Waals surface area contributed by atoms with Gasteiger partial charge in [0.1, 0.15) is 5.82 Å². The molecule has 0 saturated heterocycles. The minimum absolute atomic E-state index is 0.0393. The lowest BCUT2D eigenvalue weighted by Gasteiger charge is -2.15. The molecule has 1 atom stereocenters. The van der Waals surface area contributed by atoms with E-state index in [1.807, 2.05) is 0 Å². The average molecular weight is 209 g/mol. The van der Waals surface area contributed by atoms with Crippen molar-refractivity contribution in [2.75, 3.05) is 0 Å². The topological polar surface area (TPSA) is 64.1 Å². The van der Waals surface area contributed by atoms with Crippen LogP contribution in [0.2, 0.25) is 0 Å². The zero-order valence-corrected chi connectivity index (χ0v) is 7.20. The van der Waals surface area contributed by atoms with Gasteiger partial charge in [0.15, 0.2) is 6.10 Å². The molecule has 1 rings (SSSR count). The van der Waals surface area contributed by atoms with Crippen LogP contribution in [-0.2, 0) is 13.1 Å². The molecule has 0 fully saturated rings. The standard InChI is InChI=1S/C7H10F3N3O/c8-7(9,10)5(14)4-13-2-1-12-6(13)3-11/h1-2,5,14H,3-4,11H2. The molecular formula is C7H10F3N3O. The molecular weight excluding hydrogens is 199 g/mol. The fraction of sp³-hybridized carbons (Fsp3) is 0.571. The minimum atomic E-state index is -4.61. The van der Waals surface area contributed by atoms with Crippen molar-refractivity contribution >= 4 is 0 Å². The molecule has 1 aromatic rings. The number of imidazole rings is 1. The number of aromatic nitrogens is 2. The highest BCUT2D eigenvalue weighted by Crippen LogP contribution is 2.21. The van der Waals surface area contributed by atoms with Crippen molar-refractivity contribution in [1.82, 2.24) is 9.55 Å². The molecule has 7 heteroatoms. The van der Waals surface area contributed by atoms with Gasteiger partial charge in [-0.15, -0.1) is 0 Å². The lowest BCUT2D eigenvalue weighted by molar-refractivity contribution is -0.207. The number of hydrogen-bond acceptors (Lipinski definition) is 3. The number of nitrogens with two attached hydrogens (primary N) is 1. The van der Waals surface area contributed by atoms with Gasteiger partial charge >= 0.3 is 6.18 Å². The summed E-state index contributed by atoms with van der Waals surface area (Å²) in [6.45, 7) is -0.534. The van der Waals surface area contributed by atoms with Gasteiger partial charge in [-0.1, -0.05) is 0 Å². The Morgan fingerprint density at radius 3 is 2.71 bits per heavy atom. The van der Waals surface area contributed by atoms with E-state index in [1.54, 1.807) is 0 Å². The quantitative estimate of drug-likeness (QED) is 0.750. The van der Waals surface area contributed by atoms with Gasteiger partial charge in [0, 0.05) is 12.4 Å². The Hall–Kier alpha value is -1.08. The maximum Gasteiger partial charge on any atom is 0.416 e. The summed E-state index contributed by atoms with van der Waals surface area (Å²) in [4.78, 5) is 3.73. The number of alkyl halides is 3. The van der Waals surface area contributed by atoms with E-state index in [4.69, 9.17) is 10.8 Å². The number of aliphatic hydroxyl groups excluding tert-OH is 1. The average Bonchev–Trinajstić information content (AvgIpc) is 2.50. The zero-order valence-electron chi connectivity index (χ0n) is 7.20. The maximum absolute atomic E-state index is 12.0. The molecule has 0 aliphatic carbocycles. The van der Waals surface area contributed by atoms with Gasteiger partial charge in [-0.2, -0.15) is 13.2 Å². The molecule has 0 bridgehead atoms. The molecule has 0 spiro atoms. The molecule has 1 unspecified atom stereocenters. The molecule has 0 aliphatic heterocycles. The molecule has 0 aliphatic rings. The Morgan fingerprint density at radius 2 is 2.21 bits per heavy atom. The van der Waals surface area contributed by atoms with Gasteiger partial charge in [0.2, 0.25) is 0 Å². The zero-order chi connectivity index (χ0) is 10.8. The van der Waals surface area contributed by atoms with Crippen molar-refractivity contribution in [2.24, 2.45) is 5.73 Å². The lowest BCUT2D eigenvalue weighted by atomic mass is 10.3. The SMILES string of the molecule is NCc1nccn1CC(O)C(F)(F)F. The van der Waals surface area contributed by atoms with Crippen molar-refractivity contribution in [3.05, 3.63) is 18.2 Å². The van der Waals surface area contributed by atoms with Gasteiger partial charge in [0.25, 0.3) is 0 Å². The van der Waals surface area contributed by atoms with Crippen LogP contribution in [0.1, 0.15) is 5.82 Å². The van der Waals surface area contributed by atoms with Crippen LogP contribution in [-0.4, -0.2) is 26.9 Å². The number of nitrogens with zero attached hydrogens (tertiary/aromatic N) is 2. The molecule has 1 aromatic heterocycles. The highest BCUT2D eigenvalue weighted by atomic mass is 19.4. The summed E-state index contributed by atoms with van der Waals surface area (Å²) in [7, 11) is 0. The van der Waals surface area contributed by atoms with Gasteiger partial charge in [0.05, 0.1) is 13.1 Å². The van der Waals surface area contributed by atoms with Crippen LogP contribution < -0.4 is 5.73 Å². The number of halogens is 3. The molecule has 1 heterocycles. The Bertz CT molecular complexity index is 297. The molecule has 0 aromatic carbocycles. The van der Waals surface area contributed by atoms with Crippen molar-refractivity contribution in [3.8, 4) is 0 Å². The molecule has 3 N–H and O–H groups in total. The van der Waals surface area contributed by atoms with Gasteiger partial charge in [-0.3, -0.25) is 0 Å². The van der Waals surface area contributed by atoms with Crippen LogP contribution in [0, 0.1) is 0 Å². The maximum atomic E-state index is 12.0. The molecule has 0 amide bonds. The summed E-state index contributed by atoms with van der Waals surface area (Å²) in [5, 5.41) is 8.76. The summed E-state index contributed by atoms with van der Waals surface area (Å²) in [5.41, 5.74) is 5.23. The third kappa shape index (κ3) is 2.46. The lowest BCUT2D eigenvalue weighted by Crippen LogP contribution is -2.33. The van der Waals surface area contributed by atoms with Crippen LogP contribution in [0.3, 0.4) is 0 Å². The third-order valence-electron chi connectivity index (χ3n) is 1.73. The summed E-state index contributed by atoms with van der Waals surface area (Å²) in [6.07, 6.45) is -4.32. The second-order valence-corrected chi connectivity index (χ2v) is 2.76. The van der Waals surface area contributed by atoms with E-state index in [0.717, 1.165) is 0 Å². The van der Waals surface area contributed by atoms with Crippen LogP contribution in [0.4, 0.5) is 13.2 Å². The van der Waals surface area contributed by atoms with Gasteiger partial charge in [-0.25, -0.2) is 4.98 Å². The first-order valence-corrected chi connectivity index (χ1v) is 3.90. The highest BCUT2D eigenvalue weighted by Gasteiger charge is 2.38. The van der Waals surface area contributed by atoms with Crippen LogP contribution in [0.25, 0.3) is 0 Å². The predicted molar refractivity (Wildman–Crippen MR) is 42.2 cm³/mol. The second kappa shape index (κ2) is 3.97. The Balaban J connectivity index is 2.69. The predicted octanol–water partition coefficient (Wildman–Crippen LogP) is 0.265. The summed E-state index contributed by atoms with van der Waals surface area (Å²) >= 11 is 0. The fourth-order valence-corrected chi connectivity index (χ4v) is 0.986. The Kier molecular flexibility index (Phi) is 3.12. The van der Waals surface area contributed by atoms with E-state index in [1.165, 1.54) is 17.0 Å². The van der Waals surface area contributed by atoms with Crippen molar-refractivity contribution < 1.29 is 18.3 Å². The van der Waals surface area contributed by atoms with E-state index in [9.17, 15) is 13.2 Å². The molecule has 80 valence electrons. The van der Waals surface area contributed by atoms with E-state index in [-0.39, 0.29) is 6.54 Å².